The molecular formula is C20H20N2O3. The molecule has 0 unspecified atom stereocenters. The van der Waals surface area contributed by atoms with Gasteiger partial charge in [0, 0.05) is 24.8 Å². The summed E-state index contributed by atoms with van der Waals surface area (Å²) in [6.45, 7) is 1.70. The molecule has 5 heteroatoms. The van der Waals surface area contributed by atoms with Crippen molar-refractivity contribution in [3.63, 3.8) is 0 Å². The van der Waals surface area contributed by atoms with Gasteiger partial charge in [-0.25, -0.2) is 0 Å². The molecule has 2 heterocycles. The summed E-state index contributed by atoms with van der Waals surface area (Å²) in [5.41, 5.74) is 1.22. The van der Waals surface area contributed by atoms with E-state index in [4.69, 9.17) is 9.47 Å². The van der Waals surface area contributed by atoms with Crippen LogP contribution < -0.4 is 14.8 Å². The smallest absolute Gasteiger partial charge is 0.264 e. The Balaban J connectivity index is 1.27. The lowest BCUT2D eigenvalue weighted by Gasteiger charge is -2.25. The van der Waals surface area contributed by atoms with Gasteiger partial charge < -0.3 is 19.4 Å². The molecule has 5 nitrogen and oxygen atoms in total. The Bertz CT molecular complexity index is 887. The van der Waals surface area contributed by atoms with E-state index in [1.807, 2.05) is 36.4 Å². The van der Waals surface area contributed by atoms with Crippen molar-refractivity contribution in [2.24, 2.45) is 0 Å². The van der Waals surface area contributed by atoms with E-state index in [2.05, 4.69) is 34.3 Å². The van der Waals surface area contributed by atoms with Gasteiger partial charge in [-0.15, -0.1) is 0 Å². The molecule has 0 fully saturated rings. The summed E-state index contributed by atoms with van der Waals surface area (Å²) in [5.74, 6) is 1.17. The monoisotopic (exact) mass is 336 g/mol. The molecule has 25 heavy (non-hydrogen) atoms. The van der Waals surface area contributed by atoms with Gasteiger partial charge in [-0.05, 0) is 36.1 Å². The van der Waals surface area contributed by atoms with E-state index < -0.39 is 6.10 Å². The van der Waals surface area contributed by atoms with Crippen molar-refractivity contribution in [1.29, 1.82) is 0 Å². The number of fused-ring (bicyclic) bond motifs is 2. The summed E-state index contributed by atoms with van der Waals surface area (Å²) in [6.07, 6.45) is 2.35. The number of aromatic nitrogens is 1. The SMILES string of the molecule is O=C(NCCCn1ccc2ccccc21)[C@H]1COc2ccccc2O1. The van der Waals surface area contributed by atoms with Crippen molar-refractivity contribution in [2.75, 3.05) is 13.2 Å². The topological polar surface area (TPSA) is 52.5 Å². The molecule has 1 amide bonds. The molecule has 0 spiro atoms. The molecule has 1 aliphatic heterocycles. The first-order chi connectivity index (χ1) is 12.3. The lowest BCUT2D eigenvalue weighted by Crippen LogP contribution is -2.44. The van der Waals surface area contributed by atoms with Crippen LogP contribution in [0.5, 0.6) is 11.5 Å². The number of hydrogen-bond acceptors (Lipinski definition) is 3. The van der Waals surface area contributed by atoms with Gasteiger partial charge in [0.15, 0.2) is 11.5 Å². The zero-order valence-corrected chi connectivity index (χ0v) is 13.9. The van der Waals surface area contributed by atoms with E-state index in [9.17, 15) is 4.79 Å². The van der Waals surface area contributed by atoms with Gasteiger partial charge in [-0.2, -0.15) is 0 Å². The van der Waals surface area contributed by atoms with Crippen LogP contribution in [-0.2, 0) is 11.3 Å². The third-order valence-electron chi connectivity index (χ3n) is 4.36. The highest BCUT2D eigenvalue weighted by Crippen LogP contribution is 2.30. The minimum atomic E-state index is -0.595. The van der Waals surface area contributed by atoms with Crippen LogP contribution in [0.3, 0.4) is 0 Å². The summed E-state index contributed by atoms with van der Waals surface area (Å²) in [7, 11) is 0. The molecule has 1 N–H and O–H groups in total. The van der Waals surface area contributed by atoms with E-state index in [1.165, 1.54) is 10.9 Å². The second kappa shape index (κ2) is 6.89. The van der Waals surface area contributed by atoms with Gasteiger partial charge in [-0.3, -0.25) is 4.79 Å². The molecule has 0 aliphatic carbocycles. The van der Waals surface area contributed by atoms with E-state index in [0.29, 0.717) is 18.0 Å². The van der Waals surface area contributed by atoms with Crippen molar-refractivity contribution in [1.82, 2.24) is 9.88 Å². The second-order valence-corrected chi connectivity index (χ2v) is 6.08. The number of benzene rings is 2. The predicted molar refractivity (Wildman–Crippen MR) is 95.9 cm³/mol. The maximum atomic E-state index is 12.3. The van der Waals surface area contributed by atoms with Crippen LogP contribution in [0.2, 0.25) is 0 Å². The summed E-state index contributed by atoms with van der Waals surface area (Å²) >= 11 is 0. The zero-order chi connectivity index (χ0) is 17.1. The van der Waals surface area contributed by atoms with E-state index in [0.717, 1.165) is 13.0 Å². The number of aryl methyl sites for hydroxylation is 1. The molecule has 0 radical (unpaired) electrons. The molecular weight excluding hydrogens is 316 g/mol. The van der Waals surface area contributed by atoms with Gasteiger partial charge in [-0.1, -0.05) is 30.3 Å². The normalized spacial score (nSPS) is 15.9. The highest BCUT2D eigenvalue weighted by atomic mass is 16.6. The molecule has 128 valence electrons. The fourth-order valence-electron chi connectivity index (χ4n) is 3.06. The molecule has 0 bridgehead atoms. The van der Waals surface area contributed by atoms with Crippen LogP contribution in [0, 0.1) is 0 Å². The van der Waals surface area contributed by atoms with Gasteiger partial charge in [0.1, 0.15) is 6.61 Å². The molecule has 4 rings (SSSR count). The standard InChI is InChI=1S/C20H20N2O3/c23-20(19-14-24-17-8-3-4-9-18(17)25-19)21-11-5-12-22-13-10-15-6-1-2-7-16(15)22/h1-4,6-10,13,19H,5,11-12,14H2,(H,21,23)/t19-/m1/s1. The Hall–Kier alpha value is -2.95. The number of nitrogens with one attached hydrogen (secondary N) is 1. The van der Waals surface area contributed by atoms with E-state index in [-0.39, 0.29) is 12.5 Å². The van der Waals surface area contributed by atoms with Crippen molar-refractivity contribution >= 4 is 16.8 Å². The molecule has 0 saturated carbocycles. The number of ether oxygens (including phenoxy) is 2. The Morgan fingerprint density at radius 3 is 2.80 bits per heavy atom. The van der Waals surface area contributed by atoms with Crippen molar-refractivity contribution in [3.8, 4) is 11.5 Å². The van der Waals surface area contributed by atoms with Crippen LogP contribution in [0.1, 0.15) is 6.42 Å². The third kappa shape index (κ3) is 3.31. The number of hydrogen-bond donors (Lipinski definition) is 1. The quantitative estimate of drug-likeness (QED) is 0.729. The number of amides is 1. The van der Waals surface area contributed by atoms with E-state index in [1.54, 1.807) is 0 Å². The van der Waals surface area contributed by atoms with Gasteiger partial charge in [0.05, 0.1) is 0 Å². The Labute approximate surface area is 146 Å². The minimum absolute atomic E-state index is 0.133. The summed E-state index contributed by atoms with van der Waals surface area (Å²) in [4.78, 5) is 12.3. The average Bonchev–Trinajstić information content (AvgIpc) is 3.08. The first kappa shape index (κ1) is 15.6. The minimum Gasteiger partial charge on any atom is -0.485 e. The largest absolute Gasteiger partial charge is 0.485 e. The lowest BCUT2D eigenvalue weighted by atomic mass is 10.2. The molecule has 1 aromatic heterocycles. The van der Waals surface area contributed by atoms with Crippen LogP contribution in [0.4, 0.5) is 0 Å². The summed E-state index contributed by atoms with van der Waals surface area (Å²) in [5, 5.41) is 4.17. The van der Waals surface area contributed by atoms with Crippen LogP contribution in [-0.4, -0.2) is 29.7 Å². The number of rotatable bonds is 5. The Morgan fingerprint density at radius 2 is 1.88 bits per heavy atom. The maximum absolute atomic E-state index is 12.3. The highest BCUT2D eigenvalue weighted by molar-refractivity contribution is 5.82. The number of carbonyl (C=O) groups is 1. The van der Waals surface area contributed by atoms with Crippen LogP contribution >= 0.6 is 0 Å². The first-order valence-electron chi connectivity index (χ1n) is 8.51. The van der Waals surface area contributed by atoms with Crippen molar-refractivity contribution in [3.05, 3.63) is 60.8 Å². The molecule has 1 atom stereocenters. The number of para-hydroxylation sites is 3. The Kier molecular flexibility index (Phi) is 4.29. The Morgan fingerprint density at radius 1 is 1.08 bits per heavy atom. The lowest BCUT2D eigenvalue weighted by molar-refractivity contribution is -0.130. The zero-order valence-electron chi connectivity index (χ0n) is 13.9. The van der Waals surface area contributed by atoms with Gasteiger partial charge >= 0.3 is 0 Å². The average molecular weight is 336 g/mol. The number of carbonyl (C=O) groups excluding carboxylic acids is 1. The fourth-order valence-corrected chi connectivity index (χ4v) is 3.06. The third-order valence-corrected chi connectivity index (χ3v) is 4.36. The summed E-state index contributed by atoms with van der Waals surface area (Å²) in [6, 6.07) is 17.8. The van der Waals surface area contributed by atoms with Crippen LogP contribution in [0.15, 0.2) is 60.8 Å². The van der Waals surface area contributed by atoms with E-state index >= 15 is 0 Å². The molecule has 0 saturated heterocycles. The summed E-state index contributed by atoms with van der Waals surface area (Å²) < 4.78 is 13.5. The molecule has 3 aromatic rings. The van der Waals surface area contributed by atoms with Gasteiger partial charge in [0.2, 0.25) is 6.10 Å². The fraction of sp³-hybridized carbons (Fsp3) is 0.250. The second-order valence-electron chi connectivity index (χ2n) is 6.08. The highest BCUT2D eigenvalue weighted by Gasteiger charge is 2.26. The first-order valence-corrected chi connectivity index (χ1v) is 8.51. The van der Waals surface area contributed by atoms with Crippen LogP contribution in [0.25, 0.3) is 10.9 Å². The molecule has 1 aliphatic rings. The van der Waals surface area contributed by atoms with Crippen molar-refractivity contribution < 1.29 is 14.3 Å². The molecule has 2 aromatic carbocycles. The number of nitrogens with zero attached hydrogens (tertiary/aromatic N) is 1. The maximum Gasteiger partial charge on any atom is 0.264 e. The van der Waals surface area contributed by atoms with Crippen molar-refractivity contribution in [2.45, 2.75) is 19.1 Å². The predicted octanol–water partition coefficient (Wildman–Crippen LogP) is 2.99. The van der Waals surface area contributed by atoms with Gasteiger partial charge in [0.25, 0.3) is 5.91 Å².